The van der Waals surface area contributed by atoms with E-state index < -0.39 is 0 Å². The van der Waals surface area contributed by atoms with Gasteiger partial charge in [-0.05, 0) is 12.0 Å². The molecule has 0 fully saturated rings. The van der Waals surface area contributed by atoms with Gasteiger partial charge in [-0.2, -0.15) is 9.67 Å². The number of anilines is 1. The smallest absolute Gasteiger partial charge is 0.250 e. The van der Waals surface area contributed by atoms with Crippen molar-refractivity contribution >= 4 is 11.9 Å². The van der Waals surface area contributed by atoms with Crippen LogP contribution < -0.4 is 5.32 Å². The molecule has 0 aliphatic carbocycles. The molecule has 0 radical (unpaired) electrons. The minimum absolute atomic E-state index is 0.0530. The summed E-state index contributed by atoms with van der Waals surface area (Å²) in [5.74, 6) is 0.981. The molecule has 0 saturated heterocycles. The standard InChI is InChI=1S/C19H20N4O/c1-2-9-17(24)23-19(20-14-15-10-5-3-6-11-15)21-18(22-23)16-12-7-4-8-13-16/h3-8,10-13H,2,9,14H2,1H3,(H,20,21,22). The largest absolute Gasteiger partial charge is 0.350 e. The summed E-state index contributed by atoms with van der Waals surface area (Å²) in [6, 6.07) is 19.7. The Bertz CT molecular complexity index is 797. The van der Waals surface area contributed by atoms with E-state index in [-0.39, 0.29) is 5.91 Å². The van der Waals surface area contributed by atoms with Crippen molar-refractivity contribution in [2.24, 2.45) is 0 Å². The van der Waals surface area contributed by atoms with Gasteiger partial charge < -0.3 is 5.32 Å². The lowest BCUT2D eigenvalue weighted by molar-refractivity contribution is 0.0888. The fourth-order valence-corrected chi connectivity index (χ4v) is 2.41. The van der Waals surface area contributed by atoms with Crippen molar-refractivity contribution < 1.29 is 4.79 Å². The van der Waals surface area contributed by atoms with Crippen molar-refractivity contribution in [2.45, 2.75) is 26.3 Å². The van der Waals surface area contributed by atoms with Crippen molar-refractivity contribution in [2.75, 3.05) is 5.32 Å². The summed E-state index contributed by atoms with van der Waals surface area (Å²) in [5.41, 5.74) is 2.01. The van der Waals surface area contributed by atoms with Crippen molar-refractivity contribution in [3.8, 4) is 11.4 Å². The van der Waals surface area contributed by atoms with Crippen molar-refractivity contribution in [1.29, 1.82) is 0 Å². The minimum atomic E-state index is -0.0530. The van der Waals surface area contributed by atoms with Crippen LogP contribution in [0.4, 0.5) is 5.95 Å². The van der Waals surface area contributed by atoms with Gasteiger partial charge in [0.05, 0.1) is 0 Å². The number of hydrogen-bond donors (Lipinski definition) is 1. The van der Waals surface area contributed by atoms with E-state index in [1.54, 1.807) is 0 Å². The highest BCUT2D eigenvalue weighted by Crippen LogP contribution is 2.18. The summed E-state index contributed by atoms with van der Waals surface area (Å²) in [4.78, 5) is 16.9. The zero-order valence-electron chi connectivity index (χ0n) is 13.6. The quantitative estimate of drug-likeness (QED) is 0.746. The minimum Gasteiger partial charge on any atom is -0.350 e. The zero-order chi connectivity index (χ0) is 16.8. The Kier molecular flexibility index (Phi) is 5.01. The van der Waals surface area contributed by atoms with E-state index >= 15 is 0 Å². The summed E-state index contributed by atoms with van der Waals surface area (Å²) in [5, 5.41) is 7.63. The van der Waals surface area contributed by atoms with Gasteiger partial charge in [0, 0.05) is 18.5 Å². The van der Waals surface area contributed by atoms with Gasteiger partial charge in [-0.3, -0.25) is 4.79 Å². The fraction of sp³-hybridized carbons (Fsp3) is 0.211. The van der Waals surface area contributed by atoms with E-state index in [0.717, 1.165) is 17.5 Å². The average Bonchev–Trinajstić information content (AvgIpc) is 3.06. The SMILES string of the molecule is CCCC(=O)n1nc(-c2ccccc2)nc1NCc1ccccc1. The van der Waals surface area contributed by atoms with E-state index in [0.29, 0.717) is 24.7 Å². The number of nitrogens with zero attached hydrogens (tertiary/aromatic N) is 3. The van der Waals surface area contributed by atoms with Crippen LogP contribution in [0.1, 0.15) is 30.1 Å². The molecule has 1 aromatic heterocycles. The number of nitrogens with one attached hydrogen (secondary N) is 1. The first-order chi connectivity index (χ1) is 11.8. The molecule has 122 valence electrons. The van der Waals surface area contributed by atoms with Crippen LogP contribution in [-0.2, 0) is 6.54 Å². The monoisotopic (exact) mass is 320 g/mol. The van der Waals surface area contributed by atoms with Crippen LogP contribution in [0.15, 0.2) is 60.7 Å². The molecule has 0 saturated carbocycles. The summed E-state index contributed by atoms with van der Waals surface area (Å²) in [6.45, 7) is 2.57. The maximum atomic E-state index is 12.3. The Morgan fingerprint density at radius 2 is 1.71 bits per heavy atom. The van der Waals surface area contributed by atoms with Gasteiger partial charge in [-0.1, -0.05) is 67.6 Å². The number of benzene rings is 2. The highest BCUT2D eigenvalue weighted by atomic mass is 16.2. The number of carbonyl (C=O) groups is 1. The molecule has 1 N–H and O–H groups in total. The lowest BCUT2D eigenvalue weighted by Crippen LogP contribution is -2.16. The summed E-state index contributed by atoms with van der Waals surface area (Å²) in [6.07, 6.45) is 1.22. The van der Waals surface area contributed by atoms with Crippen LogP contribution >= 0.6 is 0 Å². The molecule has 3 aromatic rings. The number of rotatable bonds is 6. The molecule has 5 nitrogen and oxygen atoms in total. The molecule has 0 aliphatic heterocycles. The molecule has 0 spiro atoms. The first-order valence-electron chi connectivity index (χ1n) is 8.11. The summed E-state index contributed by atoms with van der Waals surface area (Å²) in [7, 11) is 0. The molecule has 0 amide bonds. The predicted octanol–water partition coefficient (Wildman–Crippen LogP) is 4.00. The molecule has 0 aliphatic rings. The lowest BCUT2D eigenvalue weighted by atomic mass is 10.2. The van der Waals surface area contributed by atoms with E-state index in [1.807, 2.05) is 67.6 Å². The molecule has 0 bridgehead atoms. The van der Waals surface area contributed by atoms with Gasteiger partial charge in [-0.15, -0.1) is 5.10 Å². The first-order valence-corrected chi connectivity index (χ1v) is 8.11. The fourth-order valence-electron chi connectivity index (χ4n) is 2.41. The molecule has 2 aromatic carbocycles. The second kappa shape index (κ2) is 7.55. The van der Waals surface area contributed by atoms with Gasteiger partial charge >= 0.3 is 0 Å². The maximum Gasteiger partial charge on any atom is 0.250 e. The Hall–Kier alpha value is -2.95. The first kappa shape index (κ1) is 15.9. The number of carbonyl (C=O) groups excluding carboxylic acids is 1. The molecule has 24 heavy (non-hydrogen) atoms. The van der Waals surface area contributed by atoms with Crippen LogP contribution in [0.5, 0.6) is 0 Å². The van der Waals surface area contributed by atoms with Gasteiger partial charge in [0.15, 0.2) is 5.82 Å². The van der Waals surface area contributed by atoms with Crippen molar-refractivity contribution in [3.63, 3.8) is 0 Å². The number of hydrogen-bond acceptors (Lipinski definition) is 4. The molecule has 0 unspecified atom stereocenters. The second-order valence-electron chi connectivity index (χ2n) is 5.52. The lowest BCUT2D eigenvalue weighted by Gasteiger charge is -2.06. The molecular formula is C19H20N4O. The van der Waals surface area contributed by atoms with Crippen LogP contribution in [0.25, 0.3) is 11.4 Å². The van der Waals surface area contributed by atoms with E-state index in [9.17, 15) is 4.79 Å². The van der Waals surface area contributed by atoms with E-state index in [1.165, 1.54) is 4.68 Å². The third kappa shape index (κ3) is 3.68. The Morgan fingerprint density at radius 1 is 1.04 bits per heavy atom. The molecular weight excluding hydrogens is 300 g/mol. The Balaban J connectivity index is 1.87. The molecule has 5 heteroatoms. The van der Waals surface area contributed by atoms with E-state index in [2.05, 4.69) is 15.4 Å². The highest BCUT2D eigenvalue weighted by molar-refractivity contribution is 5.81. The van der Waals surface area contributed by atoms with Crippen LogP contribution in [0.2, 0.25) is 0 Å². The van der Waals surface area contributed by atoms with Crippen LogP contribution in [0.3, 0.4) is 0 Å². The third-order valence-electron chi connectivity index (χ3n) is 3.63. The topological polar surface area (TPSA) is 59.8 Å². The molecule has 0 atom stereocenters. The molecule has 1 heterocycles. The van der Waals surface area contributed by atoms with Crippen LogP contribution in [0, 0.1) is 0 Å². The average molecular weight is 320 g/mol. The van der Waals surface area contributed by atoms with Gasteiger partial charge in [-0.25, -0.2) is 0 Å². The second-order valence-corrected chi connectivity index (χ2v) is 5.52. The normalized spacial score (nSPS) is 10.5. The molecule has 3 rings (SSSR count). The highest BCUT2D eigenvalue weighted by Gasteiger charge is 2.16. The van der Waals surface area contributed by atoms with E-state index in [4.69, 9.17) is 0 Å². The van der Waals surface area contributed by atoms with Crippen molar-refractivity contribution in [1.82, 2.24) is 14.8 Å². The number of aromatic nitrogens is 3. The Labute approximate surface area is 141 Å². The summed E-state index contributed by atoms with van der Waals surface area (Å²) < 4.78 is 1.38. The predicted molar refractivity (Wildman–Crippen MR) is 94.8 cm³/mol. The summed E-state index contributed by atoms with van der Waals surface area (Å²) >= 11 is 0. The van der Waals surface area contributed by atoms with Gasteiger partial charge in [0.1, 0.15) is 0 Å². The van der Waals surface area contributed by atoms with Gasteiger partial charge in [0.2, 0.25) is 11.9 Å². The van der Waals surface area contributed by atoms with Crippen molar-refractivity contribution in [3.05, 3.63) is 66.2 Å². The Morgan fingerprint density at radius 3 is 2.38 bits per heavy atom. The van der Waals surface area contributed by atoms with Gasteiger partial charge in [0.25, 0.3) is 0 Å². The third-order valence-corrected chi connectivity index (χ3v) is 3.63. The maximum absolute atomic E-state index is 12.3. The van der Waals surface area contributed by atoms with Crippen LogP contribution in [-0.4, -0.2) is 20.7 Å². The zero-order valence-corrected chi connectivity index (χ0v) is 13.6.